The number of halogens is 3. The Morgan fingerprint density at radius 1 is 1.10 bits per heavy atom. The molecule has 8 nitrogen and oxygen atoms in total. The highest BCUT2D eigenvalue weighted by molar-refractivity contribution is 7.91. The van der Waals surface area contributed by atoms with E-state index >= 15 is 0 Å². The molecule has 0 aliphatic carbocycles. The van der Waals surface area contributed by atoms with E-state index in [9.17, 15) is 31.2 Å². The lowest BCUT2D eigenvalue weighted by Crippen LogP contribution is -2.39. The summed E-state index contributed by atoms with van der Waals surface area (Å²) in [5.74, 6) is -0.261. The van der Waals surface area contributed by atoms with E-state index in [4.69, 9.17) is 4.84 Å². The van der Waals surface area contributed by atoms with Gasteiger partial charge in [0.25, 0.3) is 11.5 Å². The first-order chi connectivity index (χ1) is 18.7. The molecular weight excluding hydrogens is 547 g/mol. The van der Waals surface area contributed by atoms with Gasteiger partial charge in [-0.25, -0.2) is 8.42 Å². The topological polar surface area (TPSA) is 106 Å². The van der Waals surface area contributed by atoms with Gasteiger partial charge in [-0.1, -0.05) is 25.1 Å². The Kier molecular flexibility index (Phi) is 7.70. The molecule has 3 aromatic rings. The Hall–Kier alpha value is -3.90. The summed E-state index contributed by atoms with van der Waals surface area (Å²) < 4.78 is 65.6. The number of pyridine rings is 1. The van der Waals surface area contributed by atoms with Crippen LogP contribution in [0.15, 0.2) is 76.1 Å². The van der Waals surface area contributed by atoms with Crippen LogP contribution in [-0.2, 0) is 32.9 Å². The molecule has 212 valence electrons. The first-order valence-electron chi connectivity index (χ1n) is 12.3. The number of carbonyl (C=O) groups excluding carboxylic acids is 1. The summed E-state index contributed by atoms with van der Waals surface area (Å²) in [5, 5.41) is 2.65. The molecule has 2 N–H and O–H groups in total. The van der Waals surface area contributed by atoms with Crippen molar-refractivity contribution >= 4 is 15.7 Å². The van der Waals surface area contributed by atoms with Crippen molar-refractivity contribution < 1.29 is 31.2 Å². The smallest absolute Gasteiger partial charge is 0.413 e. The number of hydrogen-bond acceptors (Lipinski definition) is 6. The fourth-order valence-electron chi connectivity index (χ4n) is 4.57. The fraction of sp³-hybridized carbons (Fsp3) is 0.286. The summed E-state index contributed by atoms with van der Waals surface area (Å²) in [6, 6.07) is 11.7. The number of aromatic nitrogens is 1. The molecule has 1 atom stereocenters. The number of amides is 1. The third kappa shape index (κ3) is 5.68. The largest absolute Gasteiger partial charge is 0.416 e. The highest BCUT2D eigenvalue weighted by Gasteiger charge is 2.35. The Morgan fingerprint density at radius 3 is 2.35 bits per heavy atom. The molecule has 0 spiro atoms. The van der Waals surface area contributed by atoms with E-state index in [-0.39, 0.29) is 28.4 Å². The number of sulfone groups is 1. The Balaban J connectivity index is 1.77. The molecule has 1 aromatic heterocycles. The third-order valence-corrected chi connectivity index (χ3v) is 8.47. The van der Waals surface area contributed by atoms with Gasteiger partial charge < -0.3 is 10.2 Å². The van der Waals surface area contributed by atoms with Crippen molar-refractivity contribution in [3.05, 3.63) is 105 Å². The number of nitrogens with zero attached hydrogens (tertiary/aromatic N) is 1. The fourth-order valence-corrected chi connectivity index (χ4v) is 5.45. The van der Waals surface area contributed by atoms with Crippen LogP contribution in [0.5, 0.6) is 0 Å². The zero-order chi connectivity index (χ0) is 29.5. The molecule has 0 saturated carbocycles. The minimum absolute atomic E-state index is 0.0187. The van der Waals surface area contributed by atoms with Crippen LogP contribution >= 0.6 is 0 Å². The van der Waals surface area contributed by atoms with Crippen molar-refractivity contribution in [2.45, 2.75) is 50.9 Å². The van der Waals surface area contributed by atoms with E-state index in [1.165, 1.54) is 37.3 Å². The van der Waals surface area contributed by atoms with Gasteiger partial charge in [-0.3, -0.25) is 14.2 Å². The lowest BCUT2D eigenvalue weighted by molar-refractivity contribution is -0.137. The minimum Gasteiger partial charge on any atom is -0.413 e. The SMILES string of the molecule is CCS(=O)(=O)c1ccc(CNC(=O)c2cc(C3(C)C=C(C)ON3)c(C)n(-c3cccc(C(F)(F)F)c3)c2=O)cc1. The van der Waals surface area contributed by atoms with E-state index in [0.29, 0.717) is 22.6 Å². The summed E-state index contributed by atoms with van der Waals surface area (Å²) in [6.07, 6.45) is -2.89. The van der Waals surface area contributed by atoms with Crippen LogP contribution in [0.1, 0.15) is 53.5 Å². The Morgan fingerprint density at radius 2 is 1.77 bits per heavy atom. The maximum atomic E-state index is 13.6. The van der Waals surface area contributed by atoms with Gasteiger partial charge in [0.2, 0.25) is 0 Å². The molecular formula is C28H28F3N3O5S. The standard InChI is InChI=1S/C28H28F3N3O5S/c1-5-40(37,38)22-11-9-19(10-12-22)16-32-25(35)23-14-24(27(4)15-17(2)39-33-27)18(3)34(26(23)36)21-8-6-7-20(13-21)28(29,30)31/h6-15,33H,5,16H2,1-4H3,(H,32,35). The Labute approximate surface area is 229 Å². The van der Waals surface area contributed by atoms with Gasteiger partial charge in [-0.05, 0) is 74.4 Å². The highest BCUT2D eigenvalue weighted by atomic mass is 32.2. The average molecular weight is 576 g/mol. The first-order valence-corrected chi connectivity index (χ1v) is 14.0. The summed E-state index contributed by atoms with van der Waals surface area (Å²) >= 11 is 0. The average Bonchev–Trinajstić information content (AvgIpc) is 3.26. The quantitative estimate of drug-likeness (QED) is 0.429. The van der Waals surface area contributed by atoms with Crippen LogP contribution in [0, 0.1) is 6.92 Å². The normalized spacial score (nSPS) is 17.3. The van der Waals surface area contributed by atoms with Gasteiger partial charge in [0.15, 0.2) is 9.84 Å². The van der Waals surface area contributed by atoms with E-state index in [1.807, 2.05) is 0 Å². The number of benzene rings is 2. The van der Waals surface area contributed by atoms with Crippen LogP contribution in [-0.4, -0.2) is 24.6 Å². The number of allylic oxidation sites excluding steroid dienone is 1. The van der Waals surface area contributed by atoms with Crippen LogP contribution < -0.4 is 16.4 Å². The number of hydroxylamine groups is 1. The maximum absolute atomic E-state index is 13.6. The summed E-state index contributed by atoms with van der Waals surface area (Å²) in [5.41, 5.74) is 1.14. The van der Waals surface area contributed by atoms with Crippen LogP contribution in [0.4, 0.5) is 13.2 Å². The molecule has 4 rings (SSSR count). The molecule has 1 amide bonds. The Bertz CT molecular complexity index is 1660. The van der Waals surface area contributed by atoms with Crippen molar-refractivity contribution in [1.29, 1.82) is 0 Å². The molecule has 1 aliphatic heterocycles. The van der Waals surface area contributed by atoms with E-state index in [2.05, 4.69) is 10.8 Å². The molecule has 0 saturated heterocycles. The molecule has 0 fully saturated rings. The van der Waals surface area contributed by atoms with Gasteiger partial charge in [0, 0.05) is 17.9 Å². The zero-order valence-electron chi connectivity index (χ0n) is 22.2. The molecule has 1 aliphatic rings. The lowest BCUT2D eigenvalue weighted by Gasteiger charge is -2.26. The van der Waals surface area contributed by atoms with Crippen molar-refractivity contribution in [1.82, 2.24) is 15.4 Å². The number of rotatable bonds is 7. The summed E-state index contributed by atoms with van der Waals surface area (Å²) in [6.45, 7) is 6.56. The molecule has 2 heterocycles. The van der Waals surface area contributed by atoms with E-state index < -0.39 is 38.6 Å². The van der Waals surface area contributed by atoms with Gasteiger partial charge >= 0.3 is 6.18 Å². The van der Waals surface area contributed by atoms with Crippen LogP contribution in [0.25, 0.3) is 5.69 Å². The molecule has 1 unspecified atom stereocenters. The minimum atomic E-state index is -4.63. The zero-order valence-corrected chi connectivity index (χ0v) is 23.0. The maximum Gasteiger partial charge on any atom is 0.416 e. The van der Waals surface area contributed by atoms with Crippen molar-refractivity contribution in [2.24, 2.45) is 0 Å². The van der Waals surface area contributed by atoms with Gasteiger partial charge in [0.05, 0.1) is 21.8 Å². The van der Waals surface area contributed by atoms with Crippen LogP contribution in [0.3, 0.4) is 0 Å². The van der Waals surface area contributed by atoms with Gasteiger partial charge in [0.1, 0.15) is 11.3 Å². The highest BCUT2D eigenvalue weighted by Crippen LogP contribution is 2.33. The molecule has 0 radical (unpaired) electrons. The predicted octanol–water partition coefficient (Wildman–Crippen LogP) is 4.54. The van der Waals surface area contributed by atoms with Crippen molar-refractivity contribution in [3.8, 4) is 5.69 Å². The van der Waals surface area contributed by atoms with Gasteiger partial charge in [-0.2, -0.15) is 13.2 Å². The molecule has 12 heteroatoms. The lowest BCUT2D eigenvalue weighted by atomic mass is 9.90. The monoisotopic (exact) mass is 575 g/mol. The predicted molar refractivity (Wildman–Crippen MR) is 142 cm³/mol. The first kappa shape index (κ1) is 29.1. The van der Waals surface area contributed by atoms with Crippen molar-refractivity contribution in [2.75, 3.05) is 5.75 Å². The number of alkyl halides is 3. The molecule has 2 aromatic carbocycles. The second kappa shape index (κ2) is 10.6. The number of carbonyl (C=O) groups is 1. The van der Waals surface area contributed by atoms with Crippen molar-refractivity contribution in [3.63, 3.8) is 0 Å². The van der Waals surface area contributed by atoms with Crippen LogP contribution in [0.2, 0.25) is 0 Å². The number of hydrogen-bond donors (Lipinski definition) is 2. The van der Waals surface area contributed by atoms with Gasteiger partial charge in [-0.15, -0.1) is 5.48 Å². The summed E-state index contributed by atoms with van der Waals surface area (Å²) in [7, 11) is -3.39. The van der Waals surface area contributed by atoms with E-state index in [0.717, 1.165) is 16.7 Å². The van der Waals surface area contributed by atoms with E-state index in [1.54, 1.807) is 39.0 Å². The molecule has 0 bridgehead atoms. The summed E-state index contributed by atoms with van der Waals surface area (Å²) in [4.78, 5) is 32.5. The second-order valence-electron chi connectivity index (χ2n) is 9.64. The number of nitrogens with one attached hydrogen (secondary N) is 2. The third-order valence-electron chi connectivity index (χ3n) is 6.71. The molecule has 40 heavy (non-hydrogen) atoms. The second-order valence-corrected chi connectivity index (χ2v) is 11.9.